The number of ether oxygens (including phenoxy) is 1. The first-order valence-electron chi connectivity index (χ1n) is 14.5. The molecule has 0 bridgehead atoms. The summed E-state index contributed by atoms with van der Waals surface area (Å²) in [5, 5.41) is 14.8. The molecule has 1 atom stereocenters. The van der Waals surface area contributed by atoms with Crippen LogP contribution in [-0.2, 0) is 6.54 Å². The Morgan fingerprint density at radius 3 is 2.02 bits per heavy atom. The van der Waals surface area contributed by atoms with E-state index in [9.17, 15) is 0 Å². The lowest BCUT2D eigenvalue weighted by atomic mass is 9.92. The number of nitrogens with zero attached hydrogens (tertiary/aromatic N) is 2. The van der Waals surface area contributed by atoms with Crippen LogP contribution in [0.3, 0.4) is 0 Å². The number of aryl methyl sites for hydroxylation is 1. The van der Waals surface area contributed by atoms with Crippen molar-refractivity contribution in [1.82, 2.24) is 0 Å². The first-order valence-corrected chi connectivity index (χ1v) is 14.5. The van der Waals surface area contributed by atoms with E-state index in [2.05, 4.69) is 128 Å². The van der Waals surface area contributed by atoms with Crippen molar-refractivity contribution in [1.29, 1.82) is 0 Å². The summed E-state index contributed by atoms with van der Waals surface area (Å²) in [5.41, 5.74) is 9.31. The predicted octanol–water partition coefficient (Wildman–Crippen LogP) is 9.10. The second-order valence-corrected chi connectivity index (χ2v) is 10.3. The molecule has 5 aromatic rings. The van der Waals surface area contributed by atoms with Gasteiger partial charge in [0.15, 0.2) is 0 Å². The lowest BCUT2D eigenvalue weighted by molar-refractivity contribution is -0.674. The third-order valence-electron chi connectivity index (χ3n) is 7.67. The molecule has 2 heterocycles. The van der Waals surface area contributed by atoms with Crippen LogP contribution < -0.4 is 9.30 Å². The van der Waals surface area contributed by atoms with Crippen LogP contribution in [0.4, 0.5) is 0 Å². The largest absolute Gasteiger partial charge is 0.461 e. The van der Waals surface area contributed by atoms with E-state index in [1.54, 1.807) is 0 Å². The van der Waals surface area contributed by atoms with Crippen LogP contribution in [0.5, 0.6) is 5.75 Å². The third-order valence-corrected chi connectivity index (χ3v) is 7.67. The van der Waals surface area contributed by atoms with Crippen LogP contribution in [0.15, 0.2) is 119 Å². The van der Waals surface area contributed by atoms with E-state index in [1.807, 2.05) is 6.07 Å². The smallest absolute Gasteiger partial charge is 0.374 e. The molecule has 7 heteroatoms. The van der Waals surface area contributed by atoms with Crippen molar-refractivity contribution in [3.63, 3.8) is 0 Å². The summed E-state index contributed by atoms with van der Waals surface area (Å²) in [7, 11) is 0. The highest BCUT2D eigenvalue weighted by Gasteiger charge is 2.29. The fourth-order valence-electron chi connectivity index (χ4n) is 5.56. The predicted molar refractivity (Wildman–Crippen MR) is 170 cm³/mol. The number of hydrogen-bond acceptors (Lipinski definition) is 5. The number of aromatic nitrogens is 1. The Morgan fingerprint density at radius 2 is 1.44 bits per heavy atom. The lowest BCUT2D eigenvalue weighted by Crippen LogP contribution is -2.33. The zero-order valence-electron chi connectivity index (χ0n) is 24.5. The van der Waals surface area contributed by atoms with Gasteiger partial charge >= 0.3 is 5.89 Å². The molecule has 0 aliphatic carbocycles. The van der Waals surface area contributed by atoms with Crippen LogP contribution in [-0.4, -0.2) is 5.09 Å². The quantitative estimate of drug-likeness (QED) is 0.110. The molecule has 1 unspecified atom stereocenters. The van der Waals surface area contributed by atoms with Crippen molar-refractivity contribution in [3.05, 3.63) is 141 Å². The fourth-order valence-corrected chi connectivity index (χ4v) is 5.56. The monoisotopic (exact) mass is 574 g/mol. The Hall–Kier alpha value is -5.17. The van der Waals surface area contributed by atoms with Gasteiger partial charge in [0.25, 0.3) is 5.52 Å². The SMILES string of the molecule is CCC(/C=C1\Oc2ccc(-c3ccccc3)cc2C1CC)=C\c1oc2ccc(-c3ccccc3)cc2[n+]1CC.O=[N+]([O-])[O-]. The molecule has 0 fully saturated rings. The maximum atomic E-state index is 8.25. The van der Waals surface area contributed by atoms with Crippen molar-refractivity contribution < 1.29 is 18.8 Å². The van der Waals surface area contributed by atoms with Gasteiger partial charge in [-0.05, 0) is 71.9 Å². The van der Waals surface area contributed by atoms with E-state index in [-0.39, 0.29) is 5.92 Å². The molecular weight excluding hydrogens is 540 g/mol. The number of fused-ring (bicyclic) bond motifs is 2. The summed E-state index contributed by atoms with van der Waals surface area (Å²) >= 11 is 0. The van der Waals surface area contributed by atoms with Gasteiger partial charge in [-0.2, -0.15) is 4.57 Å². The minimum Gasteiger partial charge on any atom is -0.461 e. The van der Waals surface area contributed by atoms with Crippen LogP contribution >= 0.6 is 0 Å². The van der Waals surface area contributed by atoms with E-state index in [0.29, 0.717) is 0 Å². The Labute approximate surface area is 251 Å². The van der Waals surface area contributed by atoms with E-state index in [1.165, 1.54) is 33.4 Å². The first-order chi connectivity index (χ1) is 20.9. The molecule has 0 saturated carbocycles. The summed E-state index contributed by atoms with van der Waals surface area (Å²) in [5.74, 6) is 3.07. The molecule has 0 N–H and O–H groups in total. The highest BCUT2D eigenvalue weighted by molar-refractivity contribution is 5.78. The first kappa shape index (κ1) is 29.3. The summed E-state index contributed by atoms with van der Waals surface area (Å²) in [6.07, 6.45) is 6.26. The zero-order valence-corrected chi connectivity index (χ0v) is 24.5. The number of allylic oxidation sites excluding steroid dienone is 3. The average Bonchev–Trinajstić information content (AvgIpc) is 3.56. The molecule has 1 aromatic heterocycles. The number of rotatable bonds is 7. The summed E-state index contributed by atoms with van der Waals surface area (Å²) in [4.78, 5) is 8.25. The molecule has 6 rings (SSSR count). The normalized spacial score (nSPS) is 15.1. The van der Waals surface area contributed by atoms with Gasteiger partial charge in [-0.15, -0.1) is 0 Å². The number of hydrogen-bond donors (Lipinski definition) is 0. The molecule has 0 saturated heterocycles. The minimum atomic E-state index is -1.75. The van der Waals surface area contributed by atoms with E-state index in [0.717, 1.165) is 47.9 Å². The van der Waals surface area contributed by atoms with E-state index >= 15 is 0 Å². The molecule has 0 amide bonds. The highest BCUT2D eigenvalue weighted by atomic mass is 16.9. The molecule has 4 aromatic carbocycles. The van der Waals surface area contributed by atoms with Gasteiger partial charge in [0.2, 0.25) is 5.58 Å². The fraction of sp³-hybridized carbons (Fsp3) is 0.194. The Bertz CT molecular complexity index is 1790. The Kier molecular flexibility index (Phi) is 9.01. The maximum Gasteiger partial charge on any atom is 0.374 e. The third kappa shape index (κ3) is 6.51. The van der Waals surface area contributed by atoms with Gasteiger partial charge in [-0.25, -0.2) is 0 Å². The van der Waals surface area contributed by atoms with Gasteiger partial charge < -0.3 is 24.5 Å². The van der Waals surface area contributed by atoms with Gasteiger partial charge in [-0.3, -0.25) is 0 Å². The van der Waals surface area contributed by atoms with Gasteiger partial charge in [0, 0.05) is 17.5 Å². The van der Waals surface area contributed by atoms with Crippen molar-refractivity contribution >= 4 is 17.2 Å². The molecule has 1 aliphatic heterocycles. The van der Waals surface area contributed by atoms with Gasteiger partial charge in [0.1, 0.15) is 18.1 Å². The highest BCUT2D eigenvalue weighted by Crippen LogP contribution is 2.44. The van der Waals surface area contributed by atoms with Gasteiger partial charge in [-0.1, -0.05) is 86.6 Å². The van der Waals surface area contributed by atoms with E-state index < -0.39 is 5.09 Å². The van der Waals surface area contributed by atoms with Crippen molar-refractivity contribution in [2.45, 2.75) is 46.1 Å². The molecule has 0 spiro atoms. The lowest BCUT2D eigenvalue weighted by Gasteiger charge is -2.09. The summed E-state index contributed by atoms with van der Waals surface area (Å²) < 4.78 is 15.1. The molecule has 218 valence electrons. The molecule has 7 nitrogen and oxygen atoms in total. The molecule has 0 radical (unpaired) electrons. The topological polar surface area (TPSA) is 92.5 Å². The summed E-state index contributed by atoms with van der Waals surface area (Å²) in [6, 6.07) is 34.1. The van der Waals surface area contributed by atoms with Crippen molar-refractivity contribution in [3.8, 4) is 28.0 Å². The summed E-state index contributed by atoms with van der Waals surface area (Å²) in [6.45, 7) is 7.41. The number of benzene rings is 4. The Morgan fingerprint density at radius 1 is 0.837 bits per heavy atom. The second kappa shape index (κ2) is 13.2. The second-order valence-electron chi connectivity index (χ2n) is 10.3. The zero-order chi connectivity index (χ0) is 30.3. The minimum absolute atomic E-state index is 0.237. The average molecular weight is 575 g/mol. The van der Waals surface area contributed by atoms with E-state index in [4.69, 9.17) is 24.5 Å². The van der Waals surface area contributed by atoms with Crippen LogP contribution in [0, 0.1) is 15.3 Å². The molecule has 1 aliphatic rings. The van der Waals surface area contributed by atoms with Crippen LogP contribution in [0.25, 0.3) is 39.4 Å². The maximum absolute atomic E-state index is 8.25. The Balaban J connectivity index is 0.000000868. The van der Waals surface area contributed by atoms with Gasteiger partial charge in [0.05, 0.1) is 11.2 Å². The van der Waals surface area contributed by atoms with Crippen molar-refractivity contribution in [2.75, 3.05) is 0 Å². The van der Waals surface area contributed by atoms with Crippen molar-refractivity contribution in [2.24, 2.45) is 0 Å². The molecular formula is C36H34N2O5. The van der Waals surface area contributed by atoms with Crippen LogP contribution in [0.1, 0.15) is 51.0 Å². The van der Waals surface area contributed by atoms with Crippen LogP contribution in [0.2, 0.25) is 0 Å². The number of oxazole rings is 1. The standard InChI is InChI=1S/C36H34NO2.NO3/c1-4-25(21-35-30(5-2)31-23-28(17-19-33(31)38-35)26-13-9-7-10-14-26)22-36-37(6-3)32-24-29(18-20-34(32)39-36)27-15-11-8-12-16-27;2-1(3)4/h7-24,30H,4-6H2,1-3H3;/q+1;-1/b25-22+,35-21-;. The molecule has 43 heavy (non-hydrogen) atoms.